The molecule has 0 radical (unpaired) electrons. The van der Waals surface area contributed by atoms with Crippen LogP contribution in [0.5, 0.6) is 0 Å². The molecule has 0 atom stereocenters. The van der Waals surface area contributed by atoms with Gasteiger partial charge in [0.2, 0.25) is 0 Å². The number of carbonyl (C=O) groups is 1. The van der Waals surface area contributed by atoms with Crippen LogP contribution < -0.4 is 5.56 Å². The Bertz CT molecular complexity index is 308. The van der Waals surface area contributed by atoms with Crippen molar-refractivity contribution in [3.8, 4) is 0 Å². The van der Waals surface area contributed by atoms with Gasteiger partial charge < -0.3 is 4.52 Å². The average molecular weight is 171 g/mol. The van der Waals surface area contributed by atoms with Gasteiger partial charge in [-0.3, -0.25) is 9.59 Å². The summed E-state index contributed by atoms with van der Waals surface area (Å²) in [6.45, 7) is 3.76. The van der Waals surface area contributed by atoms with E-state index >= 15 is 0 Å². The van der Waals surface area contributed by atoms with Gasteiger partial charge in [0.15, 0.2) is 0 Å². The highest BCUT2D eigenvalue weighted by molar-refractivity contribution is 5.49. The molecule has 1 heterocycles. The summed E-state index contributed by atoms with van der Waals surface area (Å²) in [6, 6.07) is 1.32. The fourth-order valence-electron chi connectivity index (χ4n) is 0.716. The number of aromatic nitrogens is 1. The SMILES string of the molecule is C.CC(C)c1cc(=O)n(C=O)o1. The van der Waals surface area contributed by atoms with E-state index in [4.69, 9.17) is 4.52 Å². The Morgan fingerprint density at radius 2 is 2.17 bits per heavy atom. The van der Waals surface area contributed by atoms with Crippen LogP contribution in [0.4, 0.5) is 0 Å². The zero-order chi connectivity index (χ0) is 8.43. The van der Waals surface area contributed by atoms with Gasteiger partial charge in [-0.15, -0.1) is 4.74 Å². The van der Waals surface area contributed by atoms with Crippen LogP contribution in [-0.4, -0.2) is 11.1 Å². The van der Waals surface area contributed by atoms with Gasteiger partial charge in [-0.25, -0.2) is 0 Å². The zero-order valence-corrected chi connectivity index (χ0v) is 6.40. The van der Waals surface area contributed by atoms with E-state index in [9.17, 15) is 9.59 Å². The molecule has 0 aliphatic heterocycles. The molecule has 0 N–H and O–H groups in total. The Morgan fingerprint density at radius 3 is 2.42 bits per heavy atom. The minimum absolute atomic E-state index is 0. The molecule has 0 bridgehead atoms. The summed E-state index contributed by atoms with van der Waals surface area (Å²) in [4.78, 5) is 20.9. The largest absolute Gasteiger partial charge is 0.373 e. The van der Waals surface area contributed by atoms with Crippen molar-refractivity contribution in [1.82, 2.24) is 4.74 Å². The third-order valence-electron chi connectivity index (χ3n) is 1.35. The molecule has 4 heteroatoms. The van der Waals surface area contributed by atoms with Crippen LogP contribution in [0.2, 0.25) is 0 Å². The molecule has 0 spiro atoms. The first-order chi connectivity index (χ1) is 5.15. The highest BCUT2D eigenvalue weighted by Gasteiger charge is 2.07. The summed E-state index contributed by atoms with van der Waals surface area (Å²) < 4.78 is 5.54. The molecule has 0 aromatic carbocycles. The Morgan fingerprint density at radius 1 is 1.58 bits per heavy atom. The van der Waals surface area contributed by atoms with E-state index in [0.717, 1.165) is 0 Å². The van der Waals surface area contributed by atoms with Crippen molar-refractivity contribution in [2.24, 2.45) is 0 Å². The van der Waals surface area contributed by atoms with Crippen LogP contribution >= 0.6 is 0 Å². The minimum Gasteiger partial charge on any atom is -0.373 e. The molecule has 1 aromatic rings. The quantitative estimate of drug-likeness (QED) is 0.629. The number of hydrogen-bond acceptors (Lipinski definition) is 3. The van der Waals surface area contributed by atoms with Gasteiger partial charge in [0.1, 0.15) is 5.76 Å². The lowest BCUT2D eigenvalue weighted by Crippen LogP contribution is -2.11. The van der Waals surface area contributed by atoms with Gasteiger partial charge in [0.25, 0.3) is 12.0 Å². The van der Waals surface area contributed by atoms with Crippen LogP contribution in [-0.2, 0) is 4.79 Å². The second-order valence-corrected chi connectivity index (χ2v) is 2.56. The summed E-state index contributed by atoms with van der Waals surface area (Å²) in [7, 11) is 0. The topological polar surface area (TPSA) is 52.2 Å². The molecule has 0 saturated heterocycles. The number of nitrogens with zero attached hydrogens (tertiary/aromatic N) is 1. The van der Waals surface area contributed by atoms with E-state index in [1.54, 1.807) is 0 Å². The van der Waals surface area contributed by atoms with E-state index in [-0.39, 0.29) is 13.3 Å². The van der Waals surface area contributed by atoms with Crippen molar-refractivity contribution < 1.29 is 9.32 Å². The second-order valence-electron chi connectivity index (χ2n) is 2.56. The Hall–Kier alpha value is -1.32. The molecule has 0 aliphatic carbocycles. The van der Waals surface area contributed by atoms with Crippen molar-refractivity contribution in [2.45, 2.75) is 27.2 Å². The number of rotatable bonds is 2. The summed E-state index contributed by atoms with van der Waals surface area (Å²) in [5.41, 5.74) is -0.413. The summed E-state index contributed by atoms with van der Waals surface area (Å²) in [5.74, 6) is 0.658. The molecule has 0 fully saturated rings. The van der Waals surface area contributed by atoms with E-state index in [1.807, 2.05) is 13.8 Å². The van der Waals surface area contributed by atoms with Gasteiger partial charge >= 0.3 is 0 Å². The predicted molar refractivity (Wildman–Crippen MR) is 45.9 cm³/mol. The maximum atomic E-state index is 10.8. The molecule has 0 amide bonds. The smallest absolute Gasteiger partial charge is 0.290 e. The first-order valence-corrected chi connectivity index (χ1v) is 3.33. The van der Waals surface area contributed by atoms with Crippen LogP contribution in [0.3, 0.4) is 0 Å². The lowest BCUT2D eigenvalue weighted by molar-refractivity contribution is 0.309. The molecule has 68 valence electrons. The molecular formula is C8H13NO3. The Kier molecular flexibility index (Phi) is 3.47. The van der Waals surface area contributed by atoms with E-state index in [2.05, 4.69) is 0 Å². The lowest BCUT2D eigenvalue weighted by atomic mass is 10.2. The second kappa shape index (κ2) is 3.90. The standard InChI is InChI=1S/C7H9NO3.CH4/c1-5(2)6-3-7(10)8(4-9)11-6;/h3-5H,1-2H3;1H4. The van der Waals surface area contributed by atoms with Crippen molar-refractivity contribution in [2.75, 3.05) is 0 Å². The Labute approximate surface area is 70.8 Å². The van der Waals surface area contributed by atoms with Crippen molar-refractivity contribution in [1.29, 1.82) is 0 Å². The third-order valence-corrected chi connectivity index (χ3v) is 1.35. The molecular weight excluding hydrogens is 158 g/mol. The minimum atomic E-state index is -0.413. The molecule has 1 aromatic heterocycles. The van der Waals surface area contributed by atoms with Gasteiger partial charge in [0.05, 0.1) is 0 Å². The van der Waals surface area contributed by atoms with Gasteiger partial charge in [-0.1, -0.05) is 21.3 Å². The van der Waals surface area contributed by atoms with Crippen molar-refractivity contribution in [3.05, 3.63) is 22.2 Å². The number of carbonyl (C=O) groups excluding carboxylic acids is 1. The molecule has 12 heavy (non-hydrogen) atoms. The van der Waals surface area contributed by atoms with Crippen LogP contribution in [0.25, 0.3) is 0 Å². The first-order valence-electron chi connectivity index (χ1n) is 3.33. The fraction of sp³-hybridized carbons (Fsp3) is 0.500. The highest BCUT2D eigenvalue weighted by Crippen LogP contribution is 2.10. The van der Waals surface area contributed by atoms with E-state index in [1.165, 1.54) is 6.07 Å². The molecule has 1 rings (SSSR count). The summed E-state index contributed by atoms with van der Waals surface area (Å²) in [5, 5.41) is 0. The molecule has 4 nitrogen and oxygen atoms in total. The Balaban J connectivity index is 0.00000121. The van der Waals surface area contributed by atoms with Gasteiger partial charge in [-0.2, -0.15) is 0 Å². The van der Waals surface area contributed by atoms with Crippen LogP contribution in [0, 0.1) is 0 Å². The molecule has 0 aliphatic rings. The average Bonchev–Trinajstić information content (AvgIpc) is 2.31. The first kappa shape index (κ1) is 10.7. The lowest BCUT2D eigenvalue weighted by Gasteiger charge is -1.94. The molecule has 0 saturated carbocycles. The monoisotopic (exact) mass is 171 g/mol. The maximum Gasteiger partial charge on any atom is 0.290 e. The van der Waals surface area contributed by atoms with Crippen molar-refractivity contribution in [3.63, 3.8) is 0 Å². The van der Waals surface area contributed by atoms with Crippen LogP contribution in [0.1, 0.15) is 33.0 Å². The predicted octanol–water partition coefficient (Wildman–Crippen LogP) is 1.24. The van der Waals surface area contributed by atoms with Gasteiger partial charge in [0, 0.05) is 12.0 Å². The van der Waals surface area contributed by atoms with E-state index in [0.29, 0.717) is 16.9 Å². The zero-order valence-electron chi connectivity index (χ0n) is 6.40. The normalized spacial score (nSPS) is 9.58. The van der Waals surface area contributed by atoms with Crippen molar-refractivity contribution >= 4 is 6.41 Å². The summed E-state index contributed by atoms with van der Waals surface area (Å²) >= 11 is 0. The van der Waals surface area contributed by atoms with Crippen LogP contribution in [0.15, 0.2) is 15.4 Å². The van der Waals surface area contributed by atoms with Gasteiger partial charge in [-0.05, 0) is 0 Å². The number of hydrogen-bond donors (Lipinski definition) is 0. The fourth-order valence-corrected chi connectivity index (χ4v) is 0.716. The highest BCUT2D eigenvalue weighted by atomic mass is 16.5. The third kappa shape index (κ3) is 1.84. The molecule has 0 unspecified atom stereocenters. The maximum absolute atomic E-state index is 10.8. The summed E-state index contributed by atoms with van der Waals surface area (Å²) in [6.07, 6.45) is 0.355. The van der Waals surface area contributed by atoms with E-state index < -0.39 is 5.56 Å².